The quantitative estimate of drug-likeness (QED) is 0.768. The van der Waals surface area contributed by atoms with Crippen molar-refractivity contribution >= 4 is 22.0 Å². The predicted octanol–water partition coefficient (Wildman–Crippen LogP) is 2.79. The number of sulfonamides is 1. The summed E-state index contributed by atoms with van der Waals surface area (Å²) in [5.74, 6) is -0.358. The second-order valence-corrected chi connectivity index (χ2v) is 9.29. The number of benzene rings is 2. The highest BCUT2D eigenvalue weighted by molar-refractivity contribution is 7.89. The Morgan fingerprint density at radius 3 is 2.24 bits per heavy atom. The Balaban J connectivity index is 1.46. The lowest BCUT2D eigenvalue weighted by molar-refractivity contribution is -0.127. The molecule has 2 saturated heterocycles. The number of ether oxygens (including phenoxy) is 1. The maximum atomic E-state index is 13.0. The first-order chi connectivity index (χ1) is 13.9. The molecule has 0 spiro atoms. The summed E-state index contributed by atoms with van der Waals surface area (Å²) in [6, 6.07) is 14.6. The Hall–Kier alpha value is -2.71. The van der Waals surface area contributed by atoms with Gasteiger partial charge < -0.3 is 4.74 Å². The molecule has 152 valence electrons. The van der Waals surface area contributed by atoms with E-state index in [9.17, 15) is 18.0 Å². The number of nitrogens with zero attached hydrogens (tertiary/aromatic N) is 2. The molecule has 0 N–H and O–H groups in total. The number of piperidine rings is 1. The molecule has 4 rings (SSSR count). The van der Waals surface area contributed by atoms with Crippen LogP contribution in [0.4, 0.5) is 4.79 Å². The van der Waals surface area contributed by atoms with Crippen molar-refractivity contribution in [3.63, 3.8) is 0 Å². The first-order valence-electron chi connectivity index (χ1n) is 9.52. The number of hydrogen-bond donors (Lipinski definition) is 0. The lowest BCUT2D eigenvalue weighted by Crippen LogP contribution is -2.48. The Labute approximate surface area is 169 Å². The lowest BCUT2D eigenvalue weighted by atomic mass is 10.0. The van der Waals surface area contributed by atoms with Gasteiger partial charge in [0.1, 0.15) is 0 Å². The van der Waals surface area contributed by atoms with Crippen LogP contribution in [0.5, 0.6) is 0 Å². The predicted molar refractivity (Wildman–Crippen MR) is 107 cm³/mol. The molecule has 2 aliphatic rings. The summed E-state index contributed by atoms with van der Waals surface area (Å²) in [6.07, 6.45) is 0.172. The molecule has 0 aliphatic carbocycles. The minimum Gasteiger partial charge on any atom is -0.439 e. The number of rotatable bonds is 4. The summed E-state index contributed by atoms with van der Waals surface area (Å²) in [7, 11) is -3.63. The van der Waals surface area contributed by atoms with E-state index in [0.29, 0.717) is 12.8 Å². The first kappa shape index (κ1) is 19.6. The molecular weight excluding hydrogens is 392 g/mol. The highest BCUT2D eigenvalue weighted by Gasteiger charge is 2.40. The zero-order valence-corrected chi connectivity index (χ0v) is 16.9. The van der Waals surface area contributed by atoms with Crippen molar-refractivity contribution in [3.8, 4) is 11.1 Å². The molecule has 7 nitrogen and oxygen atoms in total. The van der Waals surface area contributed by atoms with E-state index in [-0.39, 0.29) is 36.5 Å². The Morgan fingerprint density at radius 1 is 0.966 bits per heavy atom. The molecule has 0 bridgehead atoms. The van der Waals surface area contributed by atoms with Crippen molar-refractivity contribution in [2.75, 3.05) is 19.7 Å². The van der Waals surface area contributed by atoms with Crippen LogP contribution in [0.25, 0.3) is 11.1 Å². The number of hydrogen-bond acceptors (Lipinski definition) is 5. The van der Waals surface area contributed by atoms with Crippen LogP contribution in [0.15, 0.2) is 53.4 Å². The molecule has 0 radical (unpaired) electrons. The second-order valence-electron chi connectivity index (χ2n) is 7.35. The van der Waals surface area contributed by atoms with Gasteiger partial charge in [0, 0.05) is 19.1 Å². The SMILES string of the molecule is Cc1cccc(-c2ccc(S(=O)(=O)N3CCC(N4C(=O)COC4=O)CC3)cc2)c1. The van der Waals surface area contributed by atoms with Gasteiger partial charge in [-0.2, -0.15) is 4.31 Å². The zero-order chi connectivity index (χ0) is 20.6. The van der Waals surface area contributed by atoms with E-state index >= 15 is 0 Å². The molecular formula is C21H22N2O5S. The fourth-order valence-electron chi connectivity index (χ4n) is 3.85. The van der Waals surface area contributed by atoms with Crippen LogP contribution in [0.1, 0.15) is 18.4 Å². The molecule has 29 heavy (non-hydrogen) atoms. The van der Waals surface area contributed by atoms with Crippen molar-refractivity contribution in [2.45, 2.75) is 30.7 Å². The molecule has 2 heterocycles. The van der Waals surface area contributed by atoms with Gasteiger partial charge in [0.2, 0.25) is 10.0 Å². The second kappa shape index (κ2) is 7.61. The molecule has 0 atom stereocenters. The average molecular weight is 414 g/mol. The molecule has 0 unspecified atom stereocenters. The fraction of sp³-hybridized carbons (Fsp3) is 0.333. The van der Waals surface area contributed by atoms with Gasteiger partial charge in [0.05, 0.1) is 4.90 Å². The normalized spacial score (nSPS) is 18.9. The van der Waals surface area contributed by atoms with Crippen molar-refractivity contribution < 1.29 is 22.7 Å². The molecule has 0 aromatic heterocycles. The van der Waals surface area contributed by atoms with Crippen molar-refractivity contribution in [2.24, 2.45) is 0 Å². The number of aryl methyl sites for hydroxylation is 1. The van der Waals surface area contributed by atoms with E-state index in [4.69, 9.17) is 4.74 Å². The summed E-state index contributed by atoms with van der Waals surface area (Å²) in [5.41, 5.74) is 3.14. The number of carbonyl (C=O) groups is 2. The van der Waals surface area contributed by atoms with Gasteiger partial charge in [-0.15, -0.1) is 0 Å². The number of cyclic esters (lactones) is 1. The molecule has 2 aliphatic heterocycles. The van der Waals surface area contributed by atoms with Crippen LogP contribution >= 0.6 is 0 Å². The van der Waals surface area contributed by atoms with E-state index < -0.39 is 16.1 Å². The molecule has 0 saturated carbocycles. The Bertz CT molecular complexity index is 1020. The van der Waals surface area contributed by atoms with Crippen molar-refractivity contribution in [1.82, 2.24) is 9.21 Å². The van der Waals surface area contributed by atoms with E-state index in [1.807, 2.05) is 37.3 Å². The summed E-state index contributed by atoms with van der Waals surface area (Å²) in [4.78, 5) is 24.9. The van der Waals surface area contributed by atoms with Crippen LogP contribution in [-0.2, 0) is 19.6 Å². The van der Waals surface area contributed by atoms with Gasteiger partial charge in [0.15, 0.2) is 6.61 Å². The lowest BCUT2D eigenvalue weighted by Gasteiger charge is -2.34. The van der Waals surface area contributed by atoms with E-state index in [2.05, 4.69) is 6.07 Å². The minimum atomic E-state index is -3.63. The molecule has 2 aromatic rings. The largest absolute Gasteiger partial charge is 0.439 e. The van der Waals surface area contributed by atoms with E-state index in [1.54, 1.807) is 12.1 Å². The summed E-state index contributed by atoms with van der Waals surface area (Å²) >= 11 is 0. The summed E-state index contributed by atoms with van der Waals surface area (Å²) in [6.45, 7) is 2.29. The van der Waals surface area contributed by atoms with Crippen LogP contribution in [0.2, 0.25) is 0 Å². The van der Waals surface area contributed by atoms with Gasteiger partial charge >= 0.3 is 6.09 Å². The molecule has 8 heteroatoms. The zero-order valence-electron chi connectivity index (χ0n) is 16.1. The molecule has 2 aromatic carbocycles. The minimum absolute atomic E-state index is 0.232. The third kappa shape index (κ3) is 3.77. The van der Waals surface area contributed by atoms with Gasteiger partial charge in [0.25, 0.3) is 5.91 Å². The molecule has 2 fully saturated rings. The van der Waals surface area contributed by atoms with E-state index in [1.165, 1.54) is 4.31 Å². The summed E-state index contributed by atoms with van der Waals surface area (Å²) < 4.78 is 32.2. The van der Waals surface area contributed by atoms with Gasteiger partial charge in [-0.3, -0.25) is 4.79 Å². The third-order valence-corrected chi connectivity index (χ3v) is 7.33. The van der Waals surface area contributed by atoms with E-state index in [0.717, 1.165) is 21.6 Å². The van der Waals surface area contributed by atoms with Crippen LogP contribution in [0, 0.1) is 6.92 Å². The van der Waals surface area contributed by atoms with Gasteiger partial charge in [-0.05, 0) is 43.0 Å². The van der Waals surface area contributed by atoms with Crippen LogP contribution in [0.3, 0.4) is 0 Å². The third-order valence-electron chi connectivity index (χ3n) is 5.42. The summed E-state index contributed by atoms with van der Waals surface area (Å²) in [5, 5.41) is 0. The molecule has 2 amide bonds. The first-order valence-corrected chi connectivity index (χ1v) is 11.0. The van der Waals surface area contributed by atoms with Crippen LogP contribution in [-0.4, -0.2) is 55.4 Å². The van der Waals surface area contributed by atoms with Crippen molar-refractivity contribution in [3.05, 3.63) is 54.1 Å². The van der Waals surface area contributed by atoms with Gasteiger partial charge in [-0.1, -0.05) is 42.0 Å². The maximum Gasteiger partial charge on any atom is 0.417 e. The number of carbonyl (C=O) groups excluding carboxylic acids is 2. The smallest absolute Gasteiger partial charge is 0.417 e. The highest BCUT2D eigenvalue weighted by Crippen LogP contribution is 2.27. The maximum absolute atomic E-state index is 13.0. The van der Waals surface area contributed by atoms with Crippen molar-refractivity contribution in [1.29, 1.82) is 0 Å². The number of amides is 2. The van der Waals surface area contributed by atoms with Crippen LogP contribution < -0.4 is 0 Å². The Morgan fingerprint density at radius 2 is 1.66 bits per heavy atom. The standard InChI is InChI=1S/C21H22N2O5S/c1-15-3-2-4-17(13-15)16-5-7-19(8-6-16)29(26,27)22-11-9-18(10-12-22)23-20(24)14-28-21(23)25/h2-8,13,18H,9-12,14H2,1H3. The average Bonchev–Trinajstić information content (AvgIpc) is 3.06. The van der Waals surface area contributed by atoms with Gasteiger partial charge in [-0.25, -0.2) is 18.1 Å². The Kier molecular flexibility index (Phi) is 5.14. The fourth-order valence-corrected chi connectivity index (χ4v) is 5.32. The number of imide groups is 1. The topological polar surface area (TPSA) is 84.0 Å². The monoisotopic (exact) mass is 414 g/mol. The highest BCUT2D eigenvalue weighted by atomic mass is 32.2.